The Bertz CT molecular complexity index is 526. The molecule has 0 N–H and O–H groups in total. The molecule has 1 fully saturated rings. The van der Waals surface area contributed by atoms with Crippen molar-refractivity contribution in [1.82, 2.24) is 0 Å². The molecule has 0 spiro atoms. The van der Waals surface area contributed by atoms with E-state index >= 15 is 0 Å². The van der Waals surface area contributed by atoms with Gasteiger partial charge in [-0.25, -0.2) is 0 Å². The Kier molecular flexibility index (Phi) is 17.4. The van der Waals surface area contributed by atoms with Gasteiger partial charge in [-0.2, -0.15) is 0 Å². The van der Waals surface area contributed by atoms with E-state index in [1.54, 1.807) is 7.11 Å². The van der Waals surface area contributed by atoms with Crippen molar-refractivity contribution in [3.05, 3.63) is 0 Å². The number of esters is 1. The minimum atomic E-state index is -2.20. The van der Waals surface area contributed by atoms with Crippen molar-refractivity contribution in [3.63, 3.8) is 0 Å². The summed E-state index contributed by atoms with van der Waals surface area (Å²) in [6.45, 7) is 13.9. The van der Waals surface area contributed by atoms with E-state index in [0.717, 1.165) is 38.7 Å². The fraction of sp³-hybridized carbons (Fsp3) is 0.966. The third-order valence-corrected chi connectivity index (χ3v) is 23.5. The Morgan fingerprint density at radius 1 is 0.971 bits per heavy atom. The predicted octanol–water partition coefficient (Wildman–Crippen LogP) is 8.13. The second-order valence-corrected chi connectivity index (χ2v) is 26.0. The molecule has 6 heteroatoms. The van der Waals surface area contributed by atoms with E-state index in [9.17, 15) is 4.79 Å². The molecule has 1 unspecified atom stereocenters. The van der Waals surface area contributed by atoms with E-state index in [4.69, 9.17) is 18.9 Å². The van der Waals surface area contributed by atoms with Gasteiger partial charge in [0.25, 0.3) is 0 Å². The average Bonchev–Trinajstić information content (AvgIpc) is 2.84. The molecule has 1 rings (SSSR count). The van der Waals surface area contributed by atoms with Gasteiger partial charge >= 0.3 is 201 Å². The van der Waals surface area contributed by atoms with Crippen molar-refractivity contribution in [2.45, 2.75) is 148 Å². The monoisotopic (exact) mass is 606 g/mol. The van der Waals surface area contributed by atoms with Crippen LogP contribution >= 0.6 is 0 Å². The quantitative estimate of drug-likeness (QED) is 0.0644. The first-order valence-corrected chi connectivity index (χ1v) is 22.8. The van der Waals surface area contributed by atoms with Crippen molar-refractivity contribution in [1.29, 1.82) is 0 Å². The average molecular weight is 605 g/mol. The molecule has 208 valence electrons. The van der Waals surface area contributed by atoms with Gasteiger partial charge in [-0.15, -0.1) is 0 Å². The molecule has 1 aliphatic heterocycles. The molecule has 35 heavy (non-hydrogen) atoms. The van der Waals surface area contributed by atoms with Gasteiger partial charge in [0.05, 0.1) is 0 Å². The molecule has 5 nitrogen and oxygen atoms in total. The van der Waals surface area contributed by atoms with Gasteiger partial charge in [-0.3, -0.25) is 0 Å². The number of carbonyl (C=O) groups is 1. The summed E-state index contributed by atoms with van der Waals surface area (Å²) in [7, 11) is 1.80. The van der Waals surface area contributed by atoms with E-state index < -0.39 is 23.8 Å². The Balaban J connectivity index is 2.67. The number of unbranched alkanes of at least 4 members (excludes halogenated alkanes) is 3. The maximum atomic E-state index is 12.0. The molecule has 0 aliphatic carbocycles. The van der Waals surface area contributed by atoms with Crippen LogP contribution in [0.1, 0.15) is 112 Å². The van der Waals surface area contributed by atoms with Crippen molar-refractivity contribution in [2.24, 2.45) is 5.41 Å². The molecule has 0 aromatic carbocycles. The number of hydrogen-bond donors (Lipinski definition) is 0. The minimum Gasteiger partial charge on any atom is -0.0496 e. The second-order valence-electron chi connectivity index (χ2n) is 11.8. The van der Waals surface area contributed by atoms with Crippen LogP contribution in [0.4, 0.5) is 0 Å². The fourth-order valence-corrected chi connectivity index (χ4v) is 21.3. The molecular weight excluding hydrogens is 547 g/mol. The van der Waals surface area contributed by atoms with Crippen LogP contribution in [0.25, 0.3) is 0 Å². The molecule has 1 saturated heterocycles. The van der Waals surface area contributed by atoms with Crippen LogP contribution in [0.2, 0.25) is 17.7 Å². The predicted molar refractivity (Wildman–Crippen MR) is 149 cm³/mol. The van der Waals surface area contributed by atoms with E-state index in [0.29, 0.717) is 6.61 Å². The topological polar surface area (TPSA) is 54.0 Å². The minimum absolute atomic E-state index is 0.0586. The molecule has 1 heterocycles. The molecule has 0 saturated carbocycles. The number of methoxy groups -OCH3 is 1. The summed E-state index contributed by atoms with van der Waals surface area (Å²) < 4.78 is 30.0. The Hall–Kier alpha value is 0.149. The van der Waals surface area contributed by atoms with Gasteiger partial charge in [-0.1, -0.05) is 0 Å². The normalized spacial score (nSPS) is 20.1. The van der Waals surface area contributed by atoms with E-state index in [1.165, 1.54) is 56.3 Å². The standard InChI is InChI=1S/C17H31O5.3C4H9.Sn/c1-6-15(19-5)22-14-10-8-11-20-13(14)9-7-12-21-16(18)17(2,3)4;3*1-3-4-2;/h13-15H,1,6-12H2,2-5H3;3*1,3-4H2,2H3;/t13-,14+,15?;;;;/m1..../s1. The molecule has 0 amide bonds. The molecule has 0 aromatic rings. The number of carbonyl (C=O) groups excluding carboxylic acids is 1. The second kappa shape index (κ2) is 18.4. The van der Waals surface area contributed by atoms with Crippen LogP contribution < -0.4 is 0 Å². The van der Waals surface area contributed by atoms with Crippen LogP contribution in [0.3, 0.4) is 0 Å². The van der Waals surface area contributed by atoms with Gasteiger partial charge in [0, 0.05) is 0 Å². The number of ether oxygens (including phenoxy) is 4. The third kappa shape index (κ3) is 13.5. The molecule has 0 aromatic heterocycles. The summed E-state index contributed by atoms with van der Waals surface area (Å²) in [4.78, 5) is 12.0. The summed E-state index contributed by atoms with van der Waals surface area (Å²) in [5, 5.41) is 0. The van der Waals surface area contributed by atoms with Crippen LogP contribution in [0.15, 0.2) is 0 Å². The van der Waals surface area contributed by atoms with Crippen molar-refractivity contribution >= 4 is 24.3 Å². The number of hydrogen-bond acceptors (Lipinski definition) is 5. The molecule has 1 aliphatic rings. The Morgan fingerprint density at radius 3 is 2.09 bits per heavy atom. The van der Waals surface area contributed by atoms with E-state index in [1.807, 2.05) is 20.8 Å². The molecule has 0 bridgehead atoms. The molecule has 3 atom stereocenters. The van der Waals surface area contributed by atoms with Gasteiger partial charge < -0.3 is 0 Å². The smallest absolute Gasteiger partial charge is 0.0496 e. The SMILES string of the molecule is CCC[CH2][Sn]([CH2]CCC)([CH2]CCC)[CH2]CC(OC)O[C@H]1CCCO[C@@H]1CCCOC(=O)C(C)(C)C. The first-order valence-electron chi connectivity index (χ1n) is 14.7. The van der Waals surface area contributed by atoms with Crippen molar-refractivity contribution in [2.75, 3.05) is 20.3 Å². The zero-order valence-corrected chi connectivity index (χ0v) is 27.1. The van der Waals surface area contributed by atoms with Crippen LogP contribution in [-0.4, -0.2) is 63.2 Å². The summed E-state index contributed by atoms with van der Waals surface area (Å²) in [5.74, 6) is -0.140. The molecule has 0 radical (unpaired) electrons. The van der Waals surface area contributed by atoms with Crippen LogP contribution in [0, 0.1) is 5.41 Å². The Morgan fingerprint density at radius 2 is 1.57 bits per heavy atom. The summed E-state index contributed by atoms with van der Waals surface area (Å²) in [6.07, 6.45) is 12.9. The van der Waals surface area contributed by atoms with E-state index in [-0.39, 0.29) is 24.5 Å². The van der Waals surface area contributed by atoms with Crippen molar-refractivity contribution in [3.8, 4) is 0 Å². The Labute approximate surface area is 221 Å². The third-order valence-electron chi connectivity index (χ3n) is 7.54. The summed E-state index contributed by atoms with van der Waals surface area (Å²) in [5.41, 5.74) is -0.454. The van der Waals surface area contributed by atoms with Gasteiger partial charge in [-0.05, 0) is 20.8 Å². The zero-order chi connectivity index (χ0) is 26.2. The zero-order valence-electron chi connectivity index (χ0n) is 24.3. The van der Waals surface area contributed by atoms with Gasteiger partial charge in [0.15, 0.2) is 0 Å². The van der Waals surface area contributed by atoms with Crippen LogP contribution in [-0.2, 0) is 23.7 Å². The summed E-state index contributed by atoms with van der Waals surface area (Å²) in [6, 6.07) is 0. The first kappa shape index (κ1) is 33.2. The van der Waals surface area contributed by atoms with Crippen molar-refractivity contribution < 1.29 is 23.7 Å². The van der Waals surface area contributed by atoms with Gasteiger partial charge in [0.1, 0.15) is 0 Å². The van der Waals surface area contributed by atoms with Crippen LogP contribution in [0.5, 0.6) is 0 Å². The first-order chi connectivity index (χ1) is 16.7. The molecular formula is C29H58O5Sn. The number of rotatable bonds is 19. The summed E-state index contributed by atoms with van der Waals surface area (Å²) >= 11 is -2.20. The fourth-order valence-electron chi connectivity index (χ4n) is 5.17. The maximum absolute atomic E-state index is 12.0. The van der Waals surface area contributed by atoms with Gasteiger partial charge in [0.2, 0.25) is 0 Å². The van der Waals surface area contributed by atoms with E-state index in [2.05, 4.69) is 20.8 Å².